The Morgan fingerprint density at radius 2 is 1.62 bits per heavy atom. The van der Waals surface area contributed by atoms with Crippen molar-refractivity contribution in [3.63, 3.8) is 0 Å². The first-order valence-electron chi connectivity index (χ1n) is 11.3. The molecule has 0 radical (unpaired) electrons. The van der Waals surface area contributed by atoms with E-state index in [4.69, 9.17) is 5.73 Å². The Morgan fingerprint density at radius 3 is 2.28 bits per heavy atom. The van der Waals surface area contributed by atoms with Gasteiger partial charge in [-0.15, -0.1) is 0 Å². The maximum Gasteiger partial charge on any atom is 0.407 e. The molecule has 0 aromatic carbocycles. The average Bonchev–Trinajstić information content (AvgIpc) is 2.94. The molecule has 3 aliphatic rings. The van der Waals surface area contributed by atoms with E-state index in [0.29, 0.717) is 12.5 Å². The van der Waals surface area contributed by atoms with Crippen molar-refractivity contribution < 1.29 is 19.5 Å². The van der Waals surface area contributed by atoms with E-state index in [1.165, 1.54) is 17.7 Å². The molecule has 4 atom stereocenters. The van der Waals surface area contributed by atoms with Crippen LogP contribution in [0.25, 0.3) is 0 Å². The van der Waals surface area contributed by atoms with E-state index in [2.05, 4.69) is 10.6 Å². The first-order chi connectivity index (χ1) is 14.0. The summed E-state index contributed by atoms with van der Waals surface area (Å²) >= 11 is 0. The molecule has 0 spiro atoms. The largest absolute Gasteiger partial charge is 0.465 e. The number of nitrogens with two attached hydrogens (primary N) is 1. The second kappa shape index (κ2) is 10.2. The van der Waals surface area contributed by atoms with Crippen molar-refractivity contribution >= 4 is 18.0 Å². The number of piperidine rings is 1. The van der Waals surface area contributed by atoms with Gasteiger partial charge in [0.05, 0.1) is 12.1 Å². The normalized spacial score (nSPS) is 29.2. The highest BCUT2D eigenvalue weighted by Crippen LogP contribution is 2.41. The molecule has 1 heterocycles. The third-order valence-electron chi connectivity index (χ3n) is 7.09. The van der Waals surface area contributed by atoms with Crippen LogP contribution in [0, 0.1) is 11.8 Å². The summed E-state index contributed by atoms with van der Waals surface area (Å²) in [5.74, 6) is 0.0932. The number of carbonyl (C=O) groups excluding carboxylic acids is 2. The van der Waals surface area contributed by atoms with Gasteiger partial charge in [0.15, 0.2) is 0 Å². The molecule has 8 heteroatoms. The lowest BCUT2D eigenvalue weighted by molar-refractivity contribution is -0.119. The zero-order valence-electron chi connectivity index (χ0n) is 17.3. The van der Waals surface area contributed by atoms with E-state index in [0.717, 1.165) is 57.8 Å². The summed E-state index contributed by atoms with van der Waals surface area (Å²) in [7, 11) is 0. The van der Waals surface area contributed by atoms with Crippen LogP contribution in [0.5, 0.6) is 0 Å². The Morgan fingerprint density at radius 1 is 0.966 bits per heavy atom. The highest BCUT2D eigenvalue weighted by Gasteiger charge is 2.45. The molecule has 4 unspecified atom stereocenters. The van der Waals surface area contributed by atoms with E-state index < -0.39 is 24.1 Å². The van der Waals surface area contributed by atoms with Crippen molar-refractivity contribution in [1.29, 1.82) is 0 Å². The fourth-order valence-electron chi connectivity index (χ4n) is 5.76. The van der Waals surface area contributed by atoms with Gasteiger partial charge in [0.25, 0.3) is 0 Å². The Balaban J connectivity index is 1.74. The summed E-state index contributed by atoms with van der Waals surface area (Å²) in [6.45, 7) is 0.447. The third kappa shape index (κ3) is 5.76. The van der Waals surface area contributed by atoms with Gasteiger partial charge in [-0.05, 0) is 37.5 Å². The molecule has 3 rings (SSSR count). The Bertz CT molecular complexity index is 591. The number of carbonyl (C=O) groups is 3. The second-order valence-corrected chi connectivity index (χ2v) is 9.05. The minimum absolute atomic E-state index is 0.0459. The lowest BCUT2D eigenvalue weighted by Gasteiger charge is -2.49. The molecule has 1 aliphatic heterocycles. The molecule has 0 bridgehead atoms. The Kier molecular flexibility index (Phi) is 7.61. The maximum atomic E-state index is 12.8. The number of hydrogen-bond donors (Lipinski definition) is 4. The van der Waals surface area contributed by atoms with Gasteiger partial charge < -0.3 is 26.4 Å². The van der Waals surface area contributed by atoms with Crippen molar-refractivity contribution in [3.05, 3.63) is 0 Å². The smallest absolute Gasteiger partial charge is 0.407 e. The van der Waals surface area contributed by atoms with Gasteiger partial charge in [-0.1, -0.05) is 44.9 Å². The number of fused-ring (bicyclic) bond motifs is 1. The topological polar surface area (TPSA) is 125 Å². The van der Waals surface area contributed by atoms with Crippen molar-refractivity contribution in [3.8, 4) is 0 Å². The number of primary amides is 1. The number of nitrogens with zero attached hydrogens (tertiary/aromatic N) is 1. The van der Waals surface area contributed by atoms with Gasteiger partial charge in [0, 0.05) is 19.0 Å². The van der Waals surface area contributed by atoms with Crippen molar-refractivity contribution in [2.45, 2.75) is 95.2 Å². The summed E-state index contributed by atoms with van der Waals surface area (Å²) in [4.78, 5) is 37.9. The van der Waals surface area contributed by atoms with E-state index >= 15 is 0 Å². The van der Waals surface area contributed by atoms with Crippen LogP contribution in [0.4, 0.5) is 9.59 Å². The predicted molar refractivity (Wildman–Crippen MR) is 109 cm³/mol. The van der Waals surface area contributed by atoms with Gasteiger partial charge in [0.2, 0.25) is 5.91 Å². The predicted octanol–water partition coefficient (Wildman–Crippen LogP) is 2.81. The second-order valence-electron chi connectivity index (χ2n) is 9.05. The molecule has 4 amide bonds. The van der Waals surface area contributed by atoms with Crippen LogP contribution in [-0.2, 0) is 4.79 Å². The van der Waals surface area contributed by atoms with Crippen molar-refractivity contribution in [2.75, 3.05) is 6.54 Å². The maximum absolute atomic E-state index is 12.8. The lowest BCUT2D eigenvalue weighted by Crippen LogP contribution is -2.63. The fourth-order valence-corrected chi connectivity index (χ4v) is 5.76. The number of hydrogen-bond acceptors (Lipinski definition) is 3. The summed E-state index contributed by atoms with van der Waals surface area (Å²) < 4.78 is 0. The molecule has 2 aliphatic carbocycles. The SMILES string of the molecule is NC(=O)CC(NC(=O)NC1CCCCCC1)C1C2CCCCC2CCN1C(=O)O. The van der Waals surface area contributed by atoms with Crippen LogP contribution >= 0.6 is 0 Å². The zero-order valence-corrected chi connectivity index (χ0v) is 17.3. The molecule has 0 aromatic rings. The molecule has 29 heavy (non-hydrogen) atoms. The summed E-state index contributed by atoms with van der Waals surface area (Å²) in [6.07, 6.45) is 10.6. The summed E-state index contributed by atoms with van der Waals surface area (Å²) in [6, 6.07) is -1.18. The Labute approximate surface area is 172 Å². The van der Waals surface area contributed by atoms with Crippen molar-refractivity contribution in [2.24, 2.45) is 17.6 Å². The standard InChI is InChI=1S/C21H36N4O4/c22-18(26)13-17(24-20(27)23-15-8-3-1-2-4-9-15)19-16-10-6-5-7-14(16)11-12-25(19)21(28)29/h14-17,19H,1-13H2,(H2,22,26)(H,28,29)(H2,23,24,27). The molecule has 3 fully saturated rings. The fraction of sp³-hybridized carbons (Fsp3) is 0.857. The minimum atomic E-state index is -0.987. The van der Waals surface area contributed by atoms with Gasteiger partial charge in [0.1, 0.15) is 0 Å². The Hall–Kier alpha value is -1.99. The molecule has 164 valence electrons. The summed E-state index contributed by atoms with van der Waals surface area (Å²) in [5.41, 5.74) is 5.49. The number of urea groups is 1. The first kappa shape index (κ1) is 21.7. The molecule has 0 aromatic heterocycles. The third-order valence-corrected chi connectivity index (χ3v) is 7.09. The van der Waals surface area contributed by atoms with Gasteiger partial charge >= 0.3 is 12.1 Å². The van der Waals surface area contributed by atoms with Crippen LogP contribution in [0.1, 0.15) is 77.0 Å². The van der Waals surface area contributed by atoms with Gasteiger partial charge in [-0.25, -0.2) is 9.59 Å². The number of carboxylic acid groups (broad SMARTS) is 1. The molecule has 2 saturated carbocycles. The van der Waals surface area contributed by atoms with Crippen LogP contribution in [-0.4, -0.2) is 52.7 Å². The van der Waals surface area contributed by atoms with Gasteiger partial charge in [-0.2, -0.15) is 0 Å². The van der Waals surface area contributed by atoms with E-state index in [1.807, 2.05) is 0 Å². The van der Waals surface area contributed by atoms with E-state index in [9.17, 15) is 19.5 Å². The molecule has 1 saturated heterocycles. The van der Waals surface area contributed by atoms with Crippen LogP contribution in [0.15, 0.2) is 0 Å². The highest BCUT2D eigenvalue weighted by atomic mass is 16.4. The van der Waals surface area contributed by atoms with Crippen LogP contribution in [0.2, 0.25) is 0 Å². The van der Waals surface area contributed by atoms with Crippen LogP contribution in [0.3, 0.4) is 0 Å². The number of likely N-dealkylation sites (tertiary alicyclic amines) is 1. The first-order valence-corrected chi connectivity index (χ1v) is 11.3. The highest BCUT2D eigenvalue weighted by molar-refractivity contribution is 5.78. The number of rotatable bonds is 5. The summed E-state index contributed by atoms with van der Waals surface area (Å²) in [5, 5.41) is 15.8. The molecule has 8 nitrogen and oxygen atoms in total. The molecule has 5 N–H and O–H groups in total. The monoisotopic (exact) mass is 408 g/mol. The van der Waals surface area contributed by atoms with Crippen LogP contribution < -0.4 is 16.4 Å². The average molecular weight is 409 g/mol. The van der Waals surface area contributed by atoms with Crippen molar-refractivity contribution in [1.82, 2.24) is 15.5 Å². The molecular formula is C21H36N4O4. The minimum Gasteiger partial charge on any atom is -0.465 e. The number of nitrogens with one attached hydrogen (secondary N) is 2. The molecular weight excluding hydrogens is 372 g/mol. The quantitative estimate of drug-likeness (QED) is 0.522. The lowest BCUT2D eigenvalue weighted by atomic mass is 9.68. The zero-order chi connectivity index (χ0) is 20.8. The van der Waals surface area contributed by atoms with E-state index in [1.54, 1.807) is 0 Å². The number of amides is 4. The van der Waals surface area contributed by atoms with Gasteiger partial charge in [-0.3, -0.25) is 4.79 Å². The van der Waals surface area contributed by atoms with E-state index in [-0.39, 0.29) is 24.4 Å².